The maximum absolute atomic E-state index is 13.4. The Hall–Kier alpha value is -5.18. The van der Waals surface area contributed by atoms with Crippen LogP contribution >= 0.6 is 23.4 Å². The molecule has 3 amide bonds. The lowest BCUT2D eigenvalue weighted by Gasteiger charge is -2.17. The van der Waals surface area contributed by atoms with Gasteiger partial charge in [0.05, 0.1) is 0 Å². The second-order valence-electron chi connectivity index (χ2n) is 9.49. The van der Waals surface area contributed by atoms with E-state index >= 15 is 0 Å². The van der Waals surface area contributed by atoms with E-state index in [4.69, 9.17) is 11.6 Å². The molecule has 0 aliphatic rings. The molecule has 0 spiro atoms. The highest BCUT2D eigenvalue weighted by Crippen LogP contribution is 2.36. The van der Waals surface area contributed by atoms with E-state index in [-0.39, 0.29) is 11.6 Å². The highest BCUT2D eigenvalue weighted by molar-refractivity contribution is 8.00. The molecule has 0 saturated carbocycles. The maximum Gasteiger partial charge on any atom is 0.272 e. The summed E-state index contributed by atoms with van der Waals surface area (Å²) in [5.74, 6) is -0.689. The molecule has 1 heterocycles. The predicted octanol–water partition coefficient (Wildman–Crippen LogP) is 7.62. The minimum atomic E-state index is -0.544. The summed E-state index contributed by atoms with van der Waals surface area (Å²) >= 11 is 7.71. The Morgan fingerprint density at radius 1 is 0.727 bits per heavy atom. The van der Waals surface area contributed by atoms with Crippen LogP contribution in [-0.2, 0) is 9.59 Å². The number of benzene rings is 4. The zero-order chi connectivity index (χ0) is 30.7. The van der Waals surface area contributed by atoms with Crippen molar-refractivity contribution >= 4 is 58.7 Å². The van der Waals surface area contributed by atoms with Crippen molar-refractivity contribution in [3.8, 4) is 0 Å². The fourth-order valence-corrected chi connectivity index (χ4v) is 5.39. The van der Waals surface area contributed by atoms with Crippen molar-refractivity contribution in [1.82, 2.24) is 10.3 Å². The molecule has 1 aromatic heterocycles. The van der Waals surface area contributed by atoms with Gasteiger partial charge in [0.25, 0.3) is 11.8 Å². The summed E-state index contributed by atoms with van der Waals surface area (Å²) in [6, 6.07) is 37.6. The number of carbonyl (C=O) groups excluding carboxylic acids is 3. The molecular weight excluding hydrogens is 592 g/mol. The zero-order valence-corrected chi connectivity index (χ0v) is 24.9. The monoisotopic (exact) mass is 618 g/mol. The van der Waals surface area contributed by atoms with E-state index < -0.39 is 17.1 Å². The van der Waals surface area contributed by atoms with Gasteiger partial charge in [-0.2, -0.15) is 0 Å². The van der Waals surface area contributed by atoms with Gasteiger partial charge < -0.3 is 16.0 Å². The van der Waals surface area contributed by atoms with Crippen LogP contribution in [0.3, 0.4) is 0 Å². The van der Waals surface area contributed by atoms with E-state index in [1.54, 1.807) is 85.1 Å². The predicted molar refractivity (Wildman–Crippen MR) is 176 cm³/mol. The average molecular weight is 619 g/mol. The Balaban J connectivity index is 1.33. The molecule has 0 aliphatic heterocycles. The highest BCUT2D eigenvalue weighted by Gasteiger charge is 2.23. The fourth-order valence-electron chi connectivity index (χ4n) is 4.17. The lowest BCUT2D eigenvalue weighted by Crippen LogP contribution is -2.30. The number of amides is 3. The van der Waals surface area contributed by atoms with Gasteiger partial charge in [-0.15, -0.1) is 11.8 Å². The van der Waals surface area contributed by atoms with Crippen molar-refractivity contribution in [2.75, 3.05) is 10.6 Å². The molecule has 1 unspecified atom stereocenters. The minimum Gasteiger partial charge on any atom is -0.321 e. The number of aromatic nitrogens is 1. The molecule has 5 rings (SSSR count). The molecule has 4 aromatic carbocycles. The Morgan fingerprint density at radius 3 is 2.07 bits per heavy atom. The first-order valence-corrected chi connectivity index (χ1v) is 14.9. The van der Waals surface area contributed by atoms with Crippen LogP contribution in [0.2, 0.25) is 5.02 Å². The summed E-state index contributed by atoms with van der Waals surface area (Å²) in [5.41, 5.74) is 2.36. The maximum atomic E-state index is 13.4. The topological polar surface area (TPSA) is 100 Å². The summed E-state index contributed by atoms with van der Waals surface area (Å²) < 4.78 is 0. The summed E-state index contributed by atoms with van der Waals surface area (Å²) in [5, 5.41) is 8.34. The van der Waals surface area contributed by atoms with Crippen LogP contribution in [0.15, 0.2) is 144 Å². The Kier molecular flexibility index (Phi) is 10.2. The number of pyridine rings is 1. The number of rotatable bonds is 10. The van der Waals surface area contributed by atoms with Gasteiger partial charge in [0, 0.05) is 27.4 Å². The summed E-state index contributed by atoms with van der Waals surface area (Å²) in [7, 11) is 0. The van der Waals surface area contributed by atoms with Crippen molar-refractivity contribution in [3.05, 3.63) is 161 Å². The van der Waals surface area contributed by atoms with Gasteiger partial charge in [-0.25, -0.2) is 4.98 Å². The summed E-state index contributed by atoms with van der Waals surface area (Å²) in [6.07, 6.45) is 3.16. The van der Waals surface area contributed by atoms with Gasteiger partial charge in [0.2, 0.25) is 5.91 Å². The third-order valence-corrected chi connectivity index (χ3v) is 7.97. The number of nitrogens with one attached hydrogen (secondary N) is 3. The molecule has 0 fully saturated rings. The lowest BCUT2D eigenvalue weighted by molar-refractivity contribution is -0.116. The first-order valence-electron chi connectivity index (χ1n) is 13.6. The van der Waals surface area contributed by atoms with E-state index in [0.717, 1.165) is 10.5 Å². The molecule has 218 valence electrons. The molecule has 0 aliphatic carbocycles. The molecule has 7 nitrogen and oxygen atoms in total. The Labute approximate surface area is 264 Å². The first-order chi connectivity index (χ1) is 21.5. The SMILES string of the molecule is O=C(Nc1ccc(SC(C(=O)Nc2ccccn2)c2ccccc2)cc1)/C(=C/c1ccccc1Cl)NC(=O)c1ccccc1. The molecule has 1 atom stereocenters. The fraction of sp³-hybridized carbons (Fsp3) is 0.0286. The third-order valence-electron chi connectivity index (χ3n) is 6.36. The van der Waals surface area contributed by atoms with Crippen LogP contribution in [0, 0.1) is 0 Å². The van der Waals surface area contributed by atoms with Gasteiger partial charge in [0.15, 0.2) is 0 Å². The smallest absolute Gasteiger partial charge is 0.272 e. The van der Waals surface area contributed by atoms with E-state index in [1.807, 2.05) is 48.5 Å². The van der Waals surface area contributed by atoms with Gasteiger partial charge in [-0.05, 0) is 71.8 Å². The van der Waals surface area contributed by atoms with Gasteiger partial charge in [-0.3, -0.25) is 14.4 Å². The van der Waals surface area contributed by atoms with Crippen LogP contribution in [0.25, 0.3) is 6.08 Å². The quantitative estimate of drug-likeness (QED) is 0.110. The molecule has 0 saturated heterocycles. The van der Waals surface area contributed by atoms with Crippen LogP contribution < -0.4 is 16.0 Å². The van der Waals surface area contributed by atoms with Crippen LogP contribution in [0.5, 0.6) is 0 Å². The van der Waals surface area contributed by atoms with Crippen LogP contribution in [0.4, 0.5) is 11.5 Å². The molecule has 9 heteroatoms. The van der Waals surface area contributed by atoms with E-state index in [9.17, 15) is 14.4 Å². The Morgan fingerprint density at radius 2 is 1.39 bits per heavy atom. The average Bonchev–Trinajstić information content (AvgIpc) is 3.06. The van der Waals surface area contributed by atoms with Crippen LogP contribution in [0.1, 0.15) is 26.7 Å². The van der Waals surface area contributed by atoms with E-state index in [2.05, 4.69) is 20.9 Å². The molecule has 0 radical (unpaired) electrons. The van der Waals surface area contributed by atoms with Crippen molar-refractivity contribution in [2.24, 2.45) is 0 Å². The lowest BCUT2D eigenvalue weighted by atomic mass is 10.1. The van der Waals surface area contributed by atoms with Crippen molar-refractivity contribution in [2.45, 2.75) is 10.1 Å². The third kappa shape index (κ3) is 8.22. The number of hydrogen-bond donors (Lipinski definition) is 3. The van der Waals surface area contributed by atoms with Crippen LogP contribution in [-0.4, -0.2) is 22.7 Å². The number of thioether (sulfide) groups is 1. The van der Waals surface area contributed by atoms with Crippen molar-refractivity contribution in [3.63, 3.8) is 0 Å². The van der Waals surface area contributed by atoms with Crippen molar-refractivity contribution in [1.29, 1.82) is 0 Å². The minimum absolute atomic E-state index is 0.0285. The van der Waals surface area contributed by atoms with Crippen molar-refractivity contribution < 1.29 is 14.4 Å². The molecular formula is C35H27ClN4O3S. The zero-order valence-electron chi connectivity index (χ0n) is 23.3. The number of nitrogens with zero attached hydrogens (tertiary/aromatic N) is 1. The summed E-state index contributed by atoms with van der Waals surface area (Å²) in [6.45, 7) is 0. The molecule has 3 N–H and O–H groups in total. The normalized spacial score (nSPS) is 11.7. The standard InChI is InChI=1S/C35H27ClN4O3S/c36-29-16-8-7-15-26(29)23-30(39-33(41)25-13-5-2-6-14-25)34(42)38-27-18-20-28(21-19-27)44-32(24-11-3-1-4-12-24)35(43)40-31-17-9-10-22-37-31/h1-23,32H,(H,38,42)(H,39,41)(H,37,40,43)/b30-23-. The van der Waals surface area contributed by atoms with E-state index in [0.29, 0.717) is 27.7 Å². The highest BCUT2D eigenvalue weighted by atomic mass is 35.5. The molecule has 44 heavy (non-hydrogen) atoms. The number of anilines is 2. The summed E-state index contributed by atoms with van der Waals surface area (Å²) in [4.78, 5) is 44.6. The van der Waals surface area contributed by atoms with Gasteiger partial charge >= 0.3 is 0 Å². The second kappa shape index (κ2) is 14.8. The number of hydrogen-bond acceptors (Lipinski definition) is 5. The largest absolute Gasteiger partial charge is 0.321 e. The van der Waals surface area contributed by atoms with Gasteiger partial charge in [0.1, 0.15) is 16.8 Å². The Bertz CT molecular complexity index is 1770. The number of halogens is 1. The van der Waals surface area contributed by atoms with Gasteiger partial charge in [-0.1, -0.05) is 84.4 Å². The molecule has 5 aromatic rings. The van der Waals surface area contributed by atoms with E-state index in [1.165, 1.54) is 17.8 Å². The number of carbonyl (C=O) groups is 3. The molecule has 0 bridgehead atoms. The first kappa shape index (κ1) is 30.3. The second-order valence-corrected chi connectivity index (χ2v) is 11.1.